The largest absolute Gasteiger partial charge is 0.377 e. The highest BCUT2D eigenvalue weighted by Crippen LogP contribution is 2.43. The average molecular weight is 261 g/mol. The van der Waals surface area contributed by atoms with Crippen LogP contribution in [0.2, 0.25) is 5.15 Å². The lowest BCUT2D eigenvalue weighted by Gasteiger charge is -2.47. The Hall–Kier alpha value is -0.940. The van der Waals surface area contributed by atoms with Gasteiger partial charge in [-0.1, -0.05) is 11.6 Å². The molecular formula is C10H10B2ClN3O2. The fraction of sp³-hybridized carbons (Fsp3) is 0.600. The zero-order valence-corrected chi connectivity index (χ0v) is 10.6. The average Bonchev–Trinajstić information content (AvgIpc) is 2.44. The first kappa shape index (κ1) is 12.1. The number of ether oxygens (including phenoxy) is 1. The molecule has 0 amide bonds. The van der Waals surface area contributed by atoms with Gasteiger partial charge in [0.25, 0.3) is 0 Å². The highest BCUT2D eigenvalue weighted by molar-refractivity contribution is 6.39. The SMILES string of the molecule is [B]C1([B])n2c(cc(Cl)nc2=O)N2CCOC[C@]21C. The van der Waals surface area contributed by atoms with Crippen molar-refractivity contribution >= 4 is 33.1 Å². The summed E-state index contributed by atoms with van der Waals surface area (Å²) in [6.45, 7) is 3.37. The van der Waals surface area contributed by atoms with E-state index in [0.717, 1.165) is 0 Å². The summed E-state index contributed by atoms with van der Waals surface area (Å²) in [5, 5.41) is -1.24. The van der Waals surface area contributed by atoms with Crippen LogP contribution in [0.5, 0.6) is 0 Å². The molecule has 0 bridgehead atoms. The van der Waals surface area contributed by atoms with E-state index in [0.29, 0.717) is 25.6 Å². The molecule has 8 heteroatoms. The fourth-order valence-corrected chi connectivity index (χ4v) is 2.85. The molecular weight excluding hydrogens is 251 g/mol. The van der Waals surface area contributed by atoms with Crippen molar-refractivity contribution in [2.45, 2.75) is 17.8 Å². The second-order valence-corrected chi connectivity index (χ2v) is 5.25. The van der Waals surface area contributed by atoms with Crippen molar-refractivity contribution in [2.75, 3.05) is 24.7 Å². The molecule has 1 aromatic heterocycles. The zero-order valence-electron chi connectivity index (χ0n) is 9.89. The zero-order chi connectivity index (χ0) is 13.1. The van der Waals surface area contributed by atoms with Crippen molar-refractivity contribution in [1.29, 1.82) is 0 Å². The van der Waals surface area contributed by atoms with Gasteiger partial charge in [-0.2, -0.15) is 4.98 Å². The van der Waals surface area contributed by atoms with Gasteiger partial charge in [-0.05, 0) is 12.3 Å². The summed E-state index contributed by atoms with van der Waals surface area (Å²) in [6, 6.07) is 1.61. The van der Waals surface area contributed by atoms with E-state index in [4.69, 9.17) is 32.0 Å². The van der Waals surface area contributed by atoms with Crippen molar-refractivity contribution < 1.29 is 4.74 Å². The van der Waals surface area contributed by atoms with Gasteiger partial charge in [0.05, 0.1) is 34.4 Å². The van der Waals surface area contributed by atoms with E-state index in [-0.39, 0.29) is 5.15 Å². The number of aromatic nitrogens is 2. The van der Waals surface area contributed by atoms with Crippen LogP contribution in [-0.2, 0) is 10.1 Å². The van der Waals surface area contributed by atoms with E-state index in [1.165, 1.54) is 4.57 Å². The predicted molar refractivity (Wildman–Crippen MR) is 69.6 cm³/mol. The van der Waals surface area contributed by atoms with Gasteiger partial charge in [0.2, 0.25) is 0 Å². The monoisotopic (exact) mass is 261 g/mol. The Kier molecular flexibility index (Phi) is 2.38. The summed E-state index contributed by atoms with van der Waals surface area (Å²) >= 11 is 5.83. The van der Waals surface area contributed by atoms with Crippen molar-refractivity contribution in [3.8, 4) is 0 Å². The summed E-state index contributed by atoms with van der Waals surface area (Å²) < 4.78 is 6.74. The molecule has 0 spiro atoms. The highest BCUT2D eigenvalue weighted by atomic mass is 35.5. The second-order valence-electron chi connectivity index (χ2n) is 4.86. The molecule has 0 saturated carbocycles. The third-order valence-corrected chi connectivity index (χ3v) is 4.01. The lowest BCUT2D eigenvalue weighted by Crippen LogP contribution is -2.65. The van der Waals surface area contributed by atoms with Crippen LogP contribution >= 0.6 is 11.6 Å². The summed E-state index contributed by atoms with van der Waals surface area (Å²) in [7, 11) is 12.3. The van der Waals surface area contributed by atoms with Gasteiger partial charge in [0.15, 0.2) is 0 Å². The number of rotatable bonds is 0. The topological polar surface area (TPSA) is 47.4 Å². The van der Waals surface area contributed by atoms with E-state index in [9.17, 15) is 4.79 Å². The van der Waals surface area contributed by atoms with Crippen LogP contribution < -0.4 is 10.6 Å². The van der Waals surface area contributed by atoms with Gasteiger partial charge in [-0.3, -0.25) is 4.57 Å². The van der Waals surface area contributed by atoms with Crippen LogP contribution in [0.3, 0.4) is 0 Å². The lowest BCUT2D eigenvalue weighted by atomic mass is 9.52. The molecule has 1 atom stereocenters. The van der Waals surface area contributed by atoms with Crippen LogP contribution in [-0.4, -0.2) is 50.5 Å². The van der Waals surface area contributed by atoms with Crippen molar-refractivity contribution in [3.05, 3.63) is 21.7 Å². The molecule has 0 aliphatic carbocycles. The number of halogens is 1. The van der Waals surface area contributed by atoms with Gasteiger partial charge in [0.1, 0.15) is 11.0 Å². The quantitative estimate of drug-likeness (QED) is 0.464. The minimum absolute atomic E-state index is 0.137. The van der Waals surface area contributed by atoms with Crippen LogP contribution in [0.4, 0.5) is 5.82 Å². The number of anilines is 1. The van der Waals surface area contributed by atoms with Crippen molar-refractivity contribution in [3.63, 3.8) is 0 Å². The number of morpholine rings is 1. The molecule has 3 heterocycles. The molecule has 3 rings (SSSR count). The minimum atomic E-state index is -1.38. The number of nitrogens with zero attached hydrogens (tertiary/aromatic N) is 3. The first-order chi connectivity index (χ1) is 8.38. The van der Waals surface area contributed by atoms with E-state index in [2.05, 4.69) is 4.98 Å². The number of fused-ring (bicyclic) bond motifs is 3. The lowest BCUT2D eigenvalue weighted by molar-refractivity contribution is 0.0497. The summed E-state index contributed by atoms with van der Waals surface area (Å²) in [4.78, 5) is 17.6. The molecule has 5 nitrogen and oxygen atoms in total. The Morgan fingerprint density at radius 2 is 2.28 bits per heavy atom. The van der Waals surface area contributed by atoms with Crippen LogP contribution in [0, 0.1) is 0 Å². The van der Waals surface area contributed by atoms with Gasteiger partial charge in [0, 0.05) is 12.6 Å². The molecule has 90 valence electrons. The Balaban J connectivity index is 2.31. The number of hydrogen-bond donors (Lipinski definition) is 0. The van der Waals surface area contributed by atoms with Crippen molar-refractivity contribution in [2.24, 2.45) is 0 Å². The first-order valence-electron chi connectivity index (χ1n) is 5.61. The van der Waals surface area contributed by atoms with Gasteiger partial charge in [-0.25, -0.2) is 4.79 Å². The van der Waals surface area contributed by atoms with Crippen LogP contribution in [0.1, 0.15) is 6.92 Å². The van der Waals surface area contributed by atoms with E-state index < -0.39 is 16.6 Å². The van der Waals surface area contributed by atoms with Crippen LogP contribution in [0.15, 0.2) is 10.9 Å². The minimum Gasteiger partial charge on any atom is -0.377 e. The van der Waals surface area contributed by atoms with Gasteiger partial charge >= 0.3 is 5.69 Å². The maximum absolute atomic E-state index is 12.0. The maximum Gasteiger partial charge on any atom is 0.349 e. The molecule has 2 aliphatic rings. The highest BCUT2D eigenvalue weighted by Gasteiger charge is 2.54. The predicted octanol–water partition coefficient (Wildman–Crippen LogP) is -0.547. The molecule has 2 aliphatic heterocycles. The molecule has 1 fully saturated rings. The Labute approximate surface area is 112 Å². The molecule has 1 aromatic rings. The number of hydrogen-bond acceptors (Lipinski definition) is 4. The maximum atomic E-state index is 12.0. The Morgan fingerprint density at radius 1 is 1.56 bits per heavy atom. The first-order valence-corrected chi connectivity index (χ1v) is 5.99. The van der Waals surface area contributed by atoms with Gasteiger partial charge < -0.3 is 9.64 Å². The fourth-order valence-electron chi connectivity index (χ4n) is 2.68. The van der Waals surface area contributed by atoms with E-state index >= 15 is 0 Å². The summed E-state index contributed by atoms with van der Waals surface area (Å²) in [6.07, 6.45) is 0. The molecule has 1 saturated heterocycles. The Bertz CT molecular complexity index is 577. The summed E-state index contributed by atoms with van der Waals surface area (Å²) in [5.74, 6) is 0.593. The standard InChI is InChI=1S/C10H10B2ClN3O2/c1-9-5-18-3-2-15(9)7-4-6(13)14-8(17)16(7)10(9,11)12/h4H,2-3,5H2,1H3/t9-/m0/s1. The molecule has 18 heavy (non-hydrogen) atoms. The third-order valence-electron chi connectivity index (χ3n) is 3.82. The smallest absolute Gasteiger partial charge is 0.349 e. The van der Waals surface area contributed by atoms with Crippen molar-refractivity contribution in [1.82, 2.24) is 9.55 Å². The second kappa shape index (κ2) is 3.54. The molecule has 4 radical (unpaired) electrons. The van der Waals surface area contributed by atoms with Crippen LogP contribution in [0.25, 0.3) is 0 Å². The molecule has 0 N–H and O–H groups in total. The molecule has 0 unspecified atom stereocenters. The summed E-state index contributed by atoms with van der Waals surface area (Å²) in [5.41, 5.74) is -1.23. The normalized spacial score (nSPS) is 28.9. The van der Waals surface area contributed by atoms with E-state index in [1.807, 2.05) is 11.8 Å². The molecule has 0 aromatic carbocycles. The third kappa shape index (κ3) is 1.29. The van der Waals surface area contributed by atoms with E-state index in [1.54, 1.807) is 6.07 Å². The Morgan fingerprint density at radius 3 is 3.00 bits per heavy atom. The van der Waals surface area contributed by atoms with Gasteiger partial charge in [-0.15, -0.1) is 0 Å².